The Labute approximate surface area is 140 Å². The van der Waals surface area contributed by atoms with E-state index in [0.29, 0.717) is 35.6 Å². The maximum absolute atomic E-state index is 12.6. The summed E-state index contributed by atoms with van der Waals surface area (Å²) in [5, 5.41) is 2.81. The Morgan fingerprint density at radius 3 is 2.58 bits per heavy atom. The van der Waals surface area contributed by atoms with Crippen LogP contribution >= 0.6 is 0 Å². The number of ether oxygens (including phenoxy) is 2. The third-order valence-corrected chi connectivity index (χ3v) is 3.98. The van der Waals surface area contributed by atoms with Gasteiger partial charge in [0.05, 0.1) is 12.8 Å². The molecule has 0 radical (unpaired) electrons. The molecule has 0 bridgehead atoms. The van der Waals surface area contributed by atoms with Crippen molar-refractivity contribution in [3.05, 3.63) is 59.7 Å². The van der Waals surface area contributed by atoms with Gasteiger partial charge in [-0.1, -0.05) is 30.3 Å². The monoisotopic (exact) mass is 325 g/mol. The van der Waals surface area contributed by atoms with E-state index >= 15 is 0 Å². The number of rotatable bonds is 5. The third-order valence-electron chi connectivity index (χ3n) is 3.98. The number of nitrogens with one attached hydrogen (secondary N) is 1. The fourth-order valence-electron chi connectivity index (χ4n) is 2.70. The van der Waals surface area contributed by atoms with E-state index in [2.05, 4.69) is 5.32 Å². The van der Waals surface area contributed by atoms with Crippen molar-refractivity contribution in [3.8, 4) is 5.75 Å². The molecular weight excluding hydrogens is 306 g/mol. The highest BCUT2D eigenvalue weighted by atomic mass is 16.5. The SMILES string of the molecule is COc1ccc(C(=O)c2ccccc2)cc1NC(=O)C1CCCO1. The predicted octanol–water partition coefficient (Wildman–Crippen LogP) is 3.04. The van der Waals surface area contributed by atoms with E-state index in [0.717, 1.165) is 6.42 Å². The topological polar surface area (TPSA) is 64.6 Å². The first-order chi connectivity index (χ1) is 11.7. The molecule has 24 heavy (non-hydrogen) atoms. The van der Waals surface area contributed by atoms with Crippen molar-refractivity contribution in [1.29, 1.82) is 0 Å². The molecule has 124 valence electrons. The lowest BCUT2D eigenvalue weighted by molar-refractivity contribution is -0.124. The highest BCUT2D eigenvalue weighted by Crippen LogP contribution is 2.27. The van der Waals surface area contributed by atoms with Crippen LogP contribution < -0.4 is 10.1 Å². The van der Waals surface area contributed by atoms with E-state index in [1.165, 1.54) is 7.11 Å². The van der Waals surface area contributed by atoms with E-state index in [1.54, 1.807) is 30.3 Å². The maximum Gasteiger partial charge on any atom is 0.253 e. The quantitative estimate of drug-likeness (QED) is 0.858. The Hall–Kier alpha value is -2.66. The number of benzene rings is 2. The number of methoxy groups -OCH3 is 1. The van der Waals surface area contributed by atoms with Gasteiger partial charge in [0.25, 0.3) is 5.91 Å². The predicted molar refractivity (Wildman–Crippen MR) is 90.5 cm³/mol. The van der Waals surface area contributed by atoms with E-state index in [1.807, 2.05) is 18.2 Å². The molecule has 5 heteroatoms. The molecule has 1 aliphatic rings. The van der Waals surface area contributed by atoms with Crippen molar-refractivity contribution in [2.75, 3.05) is 19.0 Å². The molecule has 5 nitrogen and oxygen atoms in total. The van der Waals surface area contributed by atoms with Crippen molar-refractivity contribution >= 4 is 17.4 Å². The molecular formula is C19H19NO4. The van der Waals surface area contributed by atoms with Gasteiger partial charge >= 0.3 is 0 Å². The first kappa shape index (κ1) is 16.2. The normalized spacial score (nSPS) is 16.6. The zero-order valence-electron chi connectivity index (χ0n) is 13.5. The van der Waals surface area contributed by atoms with Crippen LogP contribution in [0.4, 0.5) is 5.69 Å². The smallest absolute Gasteiger partial charge is 0.253 e. The fraction of sp³-hybridized carbons (Fsp3) is 0.263. The average Bonchev–Trinajstić information content (AvgIpc) is 3.16. The second-order valence-corrected chi connectivity index (χ2v) is 5.60. The minimum atomic E-state index is -0.441. The van der Waals surface area contributed by atoms with Gasteiger partial charge in [0, 0.05) is 17.7 Å². The van der Waals surface area contributed by atoms with Crippen molar-refractivity contribution in [2.24, 2.45) is 0 Å². The summed E-state index contributed by atoms with van der Waals surface area (Å²) >= 11 is 0. The molecule has 1 fully saturated rings. The average molecular weight is 325 g/mol. The summed E-state index contributed by atoms with van der Waals surface area (Å²) in [5.41, 5.74) is 1.56. The highest BCUT2D eigenvalue weighted by Gasteiger charge is 2.24. The Bertz CT molecular complexity index is 736. The molecule has 0 aromatic heterocycles. The van der Waals surface area contributed by atoms with Crippen LogP contribution in [0.5, 0.6) is 5.75 Å². The molecule has 1 heterocycles. The van der Waals surface area contributed by atoms with Gasteiger partial charge in [-0.25, -0.2) is 0 Å². The van der Waals surface area contributed by atoms with Gasteiger partial charge in [-0.3, -0.25) is 9.59 Å². The zero-order chi connectivity index (χ0) is 16.9. The van der Waals surface area contributed by atoms with Crippen molar-refractivity contribution in [2.45, 2.75) is 18.9 Å². The number of carbonyl (C=O) groups is 2. The van der Waals surface area contributed by atoms with Gasteiger partial charge in [-0.15, -0.1) is 0 Å². The minimum absolute atomic E-state index is 0.106. The summed E-state index contributed by atoms with van der Waals surface area (Å²) in [4.78, 5) is 24.8. The van der Waals surface area contributed by atoms with E-state index in [4.69, 9.17) is 9.47 Å². The number of hydrogen-bond donors (Lipinski definition) is 1. The van der Waals surface area contributed by atoms with E-state index in [9.17, 15) is 9.59 Å². The molecule has 1 aliphatic heterocycles. The van der Waals surface area contributed by atoms with Crippen LogP contribution in [0.3, 0.4) is 0 Å². The first-order valence-electron chi connectivity index (χ1n) is 7.89. The summed E-state index contributed by atoms with van der Waals surface area (Å²) in [6.45, 7) is 0.599. The van der Waals surface area contributed by atoms with Crippen LogP contribution in [-0.2, 0) is 9.53 Å². The summed E-state index contributed by atoms with van der Waals surface area (Å²) in [5.74, 6) is 0.187. The van der Waals surface area contributed by atoms with Crippen LogP contribution in [0.25, 0.3) is 0 Å². The minimum Gasteiger partial charge on any atom is -0.495 e. The third kappa shape index (κ3) is 3.46. The Balaban J connectivity index is 1.85. The number of anilines is 1. The van der Waals surface area contributed by atoms with Crippen LogP contribution in [-0.4, -0.2) is 31.5 Å². The molecule has 3 rings (SSSR count). The summed E-state index contributed by atoms with van der Waals surface area (Å²) in [7, 11) is 1.52. The molecule has 1 N–H and O–H groups in total. The fourth-order valence-corrected chi connectivity index (χ4v) is 2.70. The van der Waals surface area contributed by atoms with Crippen LogP contribution in [0.2, 0.25) is 0 Å². The Kier molecular flexibility index (Phi) is 4.91. The summed E-state index contributed by atoms with van der Waals surface area (Å²) in [6, 6.07) is 14.0. The molecule has 1 unspecified atom stereocenters. The van der Waals surface area contributed by atoms with Gasteiger partial charge in [0.1, 0.15) is 11.9 Å². The molecule has 1 saturated heterocycles. The number of ketones is 1. The molecule has 2 aromatic carbocycles. The second kappa shape index (κ2) is 7.27. The second-order valence-electron chi connectivity index (χ2n) is 5.60. The van der Waals surface area contributed by atoms with Gasteiger partial charge in [-0.2, -0.15) is 0 Å². The lowest BCUT2D eigenvalue weighted by Crippen LogP contribution is -2.27. The van der Waals surface area contributed by atoms with Gasteiger partial charge in [-0.05, 0) is 31.0 Å². The number of carbonyl (C=O) groups excluding carboxylic acids is 2. The standard InChI is InChI=1S/C19H19NO4/c1-23-16-10-9-14(18(21)13-6-3-2-4-7-13)12-15(16)20-19(22)17-8-5-11-24-17/h2-4,6-7,9-10,12,17H,5,8,11H2,1H3,(H,20,22). The van der Waals surface area contributed by atoms with Crippen LogP contribution in [0.15, 0.2) is 48.5 Å². The van der Waals surface area contributed by atoms with Gasteiger partial charge in [0.15, 0.2) is 5.78 Å². The lowest BCUT2D eigenvalue weighted by Gasteiger charge is -2.14. The molecule has 0 aliphatic carbocycles. The first-order valence-corrected chi connectivity index (χ1v) is 7.89. The van der Waals surface area contributed by atoms with Crippen LogP contribution in [0, 0.1) is 0 Å². The lowest BCUT2D eigenvalue weighted by atomic mass is 10.0. The summed E-state index contributed by atoms with van der Waals surface area (Å²) < 4.78 is 10.7. The Morgan fingerprint density at radius 1 is 1.12 bits per heavy atom. The van der Waals surface area contributed by atoms with Crippen LogP contribution in [0.1, 0.15) is 28.8 Å². The molecule has 1 amide bonds. The molecule has 1 atom stereocenters. The molecule has 0 spiro atoms. The molecule has 2 aromatic rings. The van der Waals surface area contributed by atoms with Gasteiger partial charge in [0.2, 0.25) is 0 Å². The van der Waals surface area contributed by atoms with Crippen molar-refractivity contribution in [1.82, 2.24) is 0 Å². The number of hydrogen-bond acceptors (Lipinski definition) is 4. The zero-order valence-corrected chi connectivity index (χ0v) is 13.5. The maximum atomic E-state index is 12.6. The van der Waals surface area contributed by atoms with Crippen molar-refractivity contribution in [3.63, 3.8) is 0 Å². The van der Waals surface area contributed by atoms with E-state index < -0.39 is 6.10 Å². The van der Waals surface area contributed by atoms with Crippen molar-refractivity contribution < 1.29 is 19.1 Å². The highest BCUT2D eigenvalue weighted by molar-refractivity contribution is 6.10. The Morgan fingerprint density at radius 2 is 1.92 bits per heavy atom. The molecule has 0 saturated carbocycles. The largest absolute Gasteiger partial charge is 0.495 e. The number of amides is 1. The van der Waals surface area contributed by atoms with E-state index in [-0.39, 0.29) is 11.7 Å². The van der Waals surface area contributed by atoms with Gasteiger partial charge < -0.3 is 14.8 Å². The summed E-state index contributed by atoms with van der Waals surface area (Å²) in [6.07, 6.45) is 1.14.